The van der Waals surface area contributed by atoms with E-state index in [1.165, 1.54) is 6.07 Å². The van der Waals surface area contributed by atoms with Gasteiger partial charge in [-0.2, -0.15) is 13.2 Å². The third kappa shape index (κ3) is 6.35. The number of rotatable bonds is 8. The number of nitrogens with one attached hydrogen (secondary N) is 2. The van der Waals surface area contributed by atoms with Gasteiger partial charge in [-0.25, -0.2) is 13.1 Å². The topological polar surface area (TPSA) is 70.7 Å². The highest BCUT2D eigenvalue weighted by Gasteiger charge is 2.43. The van der Waals surface area contributed by atoms with Crippen LogP contribution in [0.4, 0.5) is 18.9 Å². The fourth-order valence-corrected chi connectivity index (χ4v) is 6.03. The monoisotopic (exact) mass is 511 g/mol. The van der Waals surface area contributed by atoms with Crippen molar-refractivity contribution in [2.75, 3.05) is 38.3 Å². The number of halogens is 3. The standard InChI is InChI=1S/C25H32F3N3O3S/c1-31(2)13-6-14-35(32,33)29-16-19-10-11-20-23(17-7-4-3-5-8-17)30-22-12-9-18(25(26,27)28)15-21(22)24(20)34-19/h3-5,7-9,12,15,19-20,23-24,29-30H,6,10-11,13-14,16H2,1-2H3/t19-,20+,23+,24+/m1/s1. The average Bonchev–Trinajstić information content (AvgIpc) is 2.81. The molecular weight excluding hydrogens is 479 g/mol. The van der Waals surface area contributed by atoms with Crippen LogP contribution in [0.15, 0.2) is 48.5 Å². The van der Waals surface area contributed by atoms with E-state index < -0.39 is 34.0 Å². The van der Waals surface area contributed by atoms with Crippen molar-refractivity contribution in [3.63, 3.8) is 0 Å². The second-order valence-electron chi connectivity index (χ2n) is 9.58. The van der Waals surface area contributed by atoms with Gasteiger partial charge in [-0.15, -0.1) is 0 Å². The predicted molar refractivity (Wildman–Crippen MR) is 130 cm³/mol. The van der Waals surface area contributed by atoms with Crippen molar-refractivity contribution >= 4 is 15.7 Å². The van der Waals surface area contributed by atoms with E-state index in [4.69, 9.17) is 4.74 Å². The fraction of sp³-hybridized carbons (Fsp3) is 0.520. The van der Waals surface area contributed by atoms with Crippen LogP contribution in [0, 0.1) is 5.92 Å². The zero-order valence-corrected chi connectivity index (χ0v) is 20.7. The molecule has 1 fully saturated rings. The number of ether oxygens (including phenoxy) is 1. The number of anilines is 1. The Labute approximate surface area is 204 Å². The highest BCUT2D eigenvalue weighted by atomic mass is 32.2. The van der Waals surface area contributed by atoms with Gasteiger partial charge in [0.25, 0.3) is 0 Å². The molecule has 0 spiro atoms. The molecule has 0 amide bonds. The van der Waals surface area contributed by atoms with Crippen molar-refractivity contribution in [3.05, 3.63) is 65.2 Å². The summed E-state index contributed by atoms with van der Waals surface area (Å²) in [6, 6.07) is 13.4. The van der Waals surface area contributed by atoms with Crippen LogP contribution in [-0.2, 0) is 20.9 Å². The molecule has 4 rings (SSSR count). The Hall–Kier alpha value is -2.14. The fourth-order valence-electron chi connectivity index (χ4n) is 4.94. The number of alkyl halides is 3. The van der Waals surface area contributed by atoms with Gasteiger partial charge in [0.15, 0.2) is 0 Å². The van der Waals surface area contributed by atoms with Gasteiger partial charge in [0.05, 0.1) is 29.6 Å². The Balaban J connectivity index is 1.54. The molecule has 2 heterocycles. The normalized spacial score (nSPS) is 24.5. The molecule has 4 atom stereocenters. The van der Waals surface area contributed by atoms with Crippen molar-refractivity contribution in [3.8, 4) is 0 Å². The van der Waals surface area contributed by atoms with Gasteiger partial charge in [-0.1, -0.05) is 30.3 Å². The van der Waals surface area contributed by atoms with Crippen LogP contribution in [0.5, 0.6) is 0 Å². The largest absolute Gasteiger partial charge is 0.416 e. The lowest BCUT2D eigenvalue weighted by molar-refractivity contribution is -0.138. The zero-order valence-electron chi connectivity index (χ0n) is 19.9. The van der Waals surface area contributed by atoms with E-state index in [2.05, 4.69) is 10.0 Å². The summed E-state index contributed by atoms with van der Waals surface area (Å²) in [5.74, 6) is -0.0665. The summed E-state index contributed by atoms with van der Waals surface area (Å²) in [7, 11) is 0.306. The molecule has 0 saturated carbocycles. The van der Waals surface area contributed by atoms with Crippen LogP contribution in [0.2, 0.25) is 0 Å². The molecule has 1 saturated heterocycles. The van der Waals surface area contributed by atoms with Gasteiger partial charge < -0.3 is 15.0 Å². The van der Waals surface area contributed by atoms with E-state index in [0.29, 0.717) is 37.1 Å². The van der Waals surface area contributed by atoms with Gasteiger partial charge >= 0.3 is 6.18 Å². The van der Waals surface area contributed by atoms with Gasteiger partial charge in [0.2, 0.25) is 10.0 Å². The highest BCUT2D eigenvalue weighted by molar-refractivity contribution is 7.89. The Bertz CT molecular complexity index is 1110. The maximum Gasteiger partial charge on any atom is 0.416 e. The third-order valence-corrected chi connectivity index (χ3v) is 8.12. The van der Waals surface area contributed by atoms with Crippen LogP contribution in [-0.4, -0.2) is 52.4 Å². The Morgan fingerprint density at radius 1 is 1.11 bits per heavy atom. The number of nitrogens with zero attached hydrogens (tertiary/aromatic N) is 1. The SMILES string of the molecule is CN(C)CCCS(=O)(=O)NC[C@H]1CC[C@@H]2[C@H](O1)c1cc(C(F)(F)F)ccc1N[C@H]2c1ccccc1. The maximum atomic E-state index is 13.5. The van der Waals surface area contributed by atoms with E-state index in [1.54, 1.807) is 0 Å². The highest BCUT2D eigenvalue weighted by Crippen LogP contribution is 2.51. The van der Waals surface area contributed by atoms with E-state index >= 15 is 0 Å². The number of benzene rings is 2. The molecule has 0 aliphatic carbocycles. The Morgan fingerprint density at radius 2 is 1.86 bits per heavy atom. The quantitative estimate of drug-likeness (QED) is 0.543. The molecule has 0 aromatic heterocycles. The van der Waals surface area contributed by atoms with Gasteiger partial charge in [-0.05, 0) is 63.7 Å². The molecule has 0 radical (unpaired) electrons. The molecule has 2 aromatic carbocycles. The minimum absolute atomic E-state index is 0.0156. The first kappa shape index (κ1) is 25.9. The first-order valence-electron chi connectivity index (χ1n) is 11.8. The van der Waals surface area contributed by atoms with Crippen molar-refractivity contribution in [2.45, 2.75) is 43.7 Å². The van der Waals surface area contributed by atoms with Crippen LogP contribution < -0.4 is 10.0 Å². The van der Waals surface area contributed by atoms with Crippen LogP contribution >= 0.6 is 0 Å². The lowest BCUT2D eigenvalue weighted by Gasteiger charge is -2.46. The molecule has 2 aliphatic rings. The van der Waals surface area contributed by atoms with Crippen molar-refractivity contribution in [1.82, 2.24) is 9.62 Å². The number of fused-ring (bicyclic) bond motifs is 3. The van der Waals surface area contributed by atoms with Crippen LogP contribution in [0.1, 0.15) is 48.1 Å². The third-order valence-electron chi connectivity index (χ3n) is 6.68. The molecule has 0 unspecified atom stereocenters. The van der Waals surface area contributed by atoms with Crippen molar-refractivity contribution in [1.29, 1.82) is 0 Å². The molecule has 2 N–H and O–H groups in total. The lowest BCUT2D eigenvalue weighted by Crippen LogP contribution is -2.43. The summed E-state index contributed by atoms with van der Waals surface area (Å²) in [6.07, 6.45) is -3.64. The molecular formula is C25H32F3N3O3S. The van der Waals surface area contributed by atoms with Crippen LogP contribution in [0.3, 0.4) is 0 Å². The van der Waals surface area contributed by atoms with Crippen molar-refractivity contribution in [2.24, 2.45) is 5.92 Å². The molecule has 35 heavy (non-hydrogen) atoms. The predicted octanol–water partition coefficient (Wildman–Crippen LogP) is 4.58. The second-order valence-corrected chi connectivity index (χ2v) is 11.5. The number of hydrogen-bond donors (Lipinski definition) is 2. The smallest absolute Gasteiger partial charge is 0.378 e. The van der Waals surface area contributed by atoms with E-state index in [0.717, 1.165) is 17.7 Å². The van der Waals surface area contributed by atoms with Gasteiger partial charge in [-0.3, -0.25) is 0 Å². The number of hydrogen-bond acceptors (Lipinski definition) is 5. The zero-order chi connectivity index (χ0) is 25.2. The summed E-state index contributed by atoms with van der Waals surface area (Å²) >= 11 is 0. The lowest BCUT2D eigenvalue weighted by atomic mass is 9.76. The van der Waals surface area contributed by atoms with Gasteiger partial charge in [0, 0.05) is 23.7 Å². The van der Waals surface area contributed by atoms with E-state index in [9.17, 15) is 21.6 Å². The Morgan fingerprint density at radius 3 is 2.54 bits per heavy atom. The number of sulfonamides is 1. The first-order valence-corrected chi connectivity index (χ1v) is 13.5. The molecule has 2 aliphatic heterocycles. The summed E-state index contributed by atoms with van der Waals surface area (Å²) in [6.45, 7) is 0.766. The van der Waals surface area contributed by atoms with Crippen LogP contribution in [0.25, 0.3) is 0 Å². The van der Waals surface area contributed by atoms with Crippen molar-refractivity contribution < 1.29 is 26.3 Å². The molecule has 192 valence electrons. The maximum absolute atomic E-state index is 13.5. The van der Waals surface area contributed by atoms with E-state index in [-0.39, 0.29) is 24.3 Å². The van der Waals surface area contributed by atoms with Gasteiger partial charge in [0.1, 0.15) is 0 Å². The van der Waals surface area contributed by atoms with E-state index in [1.807, 2.05) is 49.3 Å². The minimum atomic E-state index is -4.46. The summed E-state index contributed by atoms with van der Waals surface area (Å²) in [5.41, 5.74) is 1.40. The average molecular weight is 512 g/mol. The molecule has 10 heteroatoms. The Kier molecular flexibility index (Phi) is 7.75. The molecule has 0 bridgehead atoms. The summed E-state index contributed by atoms with van der Waals surface area (Å²) in [5, 5.41) is 3.43. The minimum Gasteiger partial charge on any atom is -0.378 e. The summed E-state index contributed by atoms with van der Waals surface area (Å²) < 4.78 is 74.2. The molecule has 2 aromatic rings. The molecule has 6 nitrogen and oxygen atoms in total. The first-order chi connectivity index (χ1) is 16.5. The second kappa shape index (κ2) is 10.5. The summed E-state index contributed by atoms with van der Waals surface area (Å²) in [4.78, 5) is 1.92.